The Morgan fingerprint density at radius 2 is 2.00 bits per heavy atom. The van der Waals surface area contributed by atoms with Crippen molar-refractivity contribution >= 4 is 0 Å². The van der Waals surface area contributed by atoms with Crippen LogP contribution < -0.4 is 5.32 Å². The normalized spacial score (nSPS) is 12.4. The fourth-order valence-electron chi connectivity index (χ4n) is 1.62. The molecule has 0 atom stereocenters. The van der Waals surface area contributed by atoms with E-state index < -0.39 is 0 Å². The van der Waals surface area contributed by atoms with Crippen LogP contribution in [0.15, 0.2) is 10.5 Å². The van der Waals surface area contributed by atoms with Crippen LogP contribution in [0.1, 0.15) is 51.7 Å². The van der Waals surface area contributed by atoms with Crippen molar-refractivity contribution < 1.29 is 9.15 Å². The van der Waals surface area contributed by atoms with Gasteiger partial charge in [0.1, 0.15) is 18.1 Å². The highest BCUT2D eigenvalue weighted by Crippen LogP contribution is 2.18. The van der Waals surface area contributed by atoms with E-state index in [0.29, 0.717) is 12.5 Å². The van der Waals surface area contributed by atoms with Gasteiger partial charge in [-0.05, 0) is 46.2 Å². The molecule has 0 aliphatic rings. The number of hydrogen-bond donors (Lipinski definition) is 1. The van der Waals surface area contributed by atoms with Crippen molar-refractivity contribution in [2.75, 3.05) is 6.54 Å². The van der Waals surface area contributed by atoms with Crippen molar-refractivity contribution in [3.63, 3.8) is 0 Å². The molecule has 3 nitrogen and oxygen atoms in total. The molecular weight excluding hydrogens is 226 g/mol. The first-order valence-corrected chi connectivity index (χ1v) is 6.71. The maximum Gasteiger partial charge on any atom is 0.130 e. The molecular formula is C15H27NO2. The number of aryl methyl sites for hydroxylation is 1. The van der Waals surface area contributed by atoms with Crippen LogP contribution in [0, 0.1) is 12.8 Å². The van der Waals surface area contributed by atoms with Gasteiger partial charge in [0.25, 0.3) is 0 Å². The molecule has 1 N–H and O–H groups in total. The minimum absolute atomic E-state index is 0.128. The Morgan fingerprint density at radius 3 is 2.56 bits per heavy atom. The molecule has 0 saturated heterocycles. The van der Waals surface area contributed by atoms with Crippen LogP contribution in [-0.2, 0) is 17.9 Å². The molecule has 0 saturated carbocycles. The number of hydrogen-bond acceptors (Lipinski definition) is 3. The zero-order valence-corrected chi connectivity index (χ0v) is 12.6. The summed E-state index contributed by atoms with van der Waals surface area (Å²) >= 11 is 0. The monoisotopic (exact) mass is 253 g/mol. The third kappa shape index (κ3) is 5.69. The summed E-state index contributed by atoms with van der Waals surface area (Å²) in [7, 11) is 0. The van der Waals surface area contributed by atoms with E-state index in [1.54, 1.807) is 0 Å². The lowest BCUT2D eigenvalue weighted by Crippen LogP contribution is -2.19. The lowest BCUT2D eigenvalue weighted by Gasteiger charge is -2.18. The Morgan fingerprint density at radius 1 is 1.33 bits per heavy atom. The first-order chi connectivity index (χ1) is 8.28. The van der Waals surface area contributed by atoms with Crippen molar-refractivity contribution in [1.82, 2.24) is 5.32 Å². The average Bonchev–Trinajstić information content (AvgIpc) is 2.55. The topological polar surface area (TPSA) is 34.4 Å². The summed E-state index contributed by atoms with van der Waals surface area (Å²) in [6.45, 7) is 15.0. The van der Waals surface area contributed by atoms with Crippen molar-refractivity contribution in [2.45, 2.75) is 60.3 Å². The zero-order valence-electron chi connectivity index (χ0n) is 12.6. The Balaban J connectivity index is 2.48. The van der Waals surface area contributed by atoms with E-state index in [4.69, 9.17) is 9.15 Å². The maximum atomic E-state index is 5.71. The Labute approximate surface area is 111 Å². The Kier molecular flexibility index (Phi) is 5.42. The van der Waals surface area contributed by atoms with Gasteiger partial charge >= 0.3 is 0 Å². The molecule has 3 heteroatoms. The Hall–Kier alpha value is -0.800. The second-order valence-electron chi connectivity index (χ2n) is 6.22. The molecule has 1 rings (SSSR count). The number of ether oxygens (including phenoxy) is 1. The molecule has 1 aromatic heterocycles. The first kappa shape index (κ1) is 15.3. The molecule has 1 heterocycles. The number of rotatable bonds is 6. The third-order valence-electron chi connectivity index (χ3n) is 2.59. The molecule has 0 amide bonds. The summed E-state index contributed by atoms with van der Waals surface area (Å²) in [6, 6.07) is 2.09. The molecule has 0 unspecified atom stereocenters. The van der Waals surface area contributed by atoms with E-state index in [9.17, 15) is 0 Å². The van der Waals surface area contributed by atoms with Gasteiger partial charge in [-0.3, -0.25) is 0 Å². The highest BCUT2D eigenvalue weighted by molar-refractivity contribution is 5.20. The molecule has 104 valence electrons. The molecule has 0 aromatic carbocycles. The van der Waals surface area contributed by atoms with Crippen LogP contribution in [0.3, 0.4) is 0 Å². The van der Waals surface area contributed by atoms with Crippen molar-refractivity contribution in [3.05, 3.63) is 23.2 Å². The lowest BCUT2D eigenvalue weighted by molar-refractivity contribution is -0.0226. The van der Waals surface area contributed by atoms with Gasteiger partial charge in [0, 0.05) is 12.1 Å². The minimum atomic E-state index is -0.128. The quantitative estimate of drug-likeness (QED) is 0.840. The van der Waals surface area contributed by atoms with Gasteiger partial charge in [-0.25, -0.2) is 0 Å². The molecule has 0 fully saturated rings. The van der Waals surface area contributed by atoms with Crippen molar-refractivity contribution in [1.29, 1.82) is 0 Å². The van der Waals surface area contributed by atoms with Crippen LogP contribution in [-0.4, -0.2) is 12.1 Å². The van der Waals surface area contributed by atoms with Gasteiger partial charge in [-0.2, -0.15) is 0 Å². The van der Waals surface area contributed by atoms with Crippen LogP contribution >= 0.6 is 0 Å². The van der Waals surface area contributed by atoms with Crippen LogP contribution in [0.25, 0.3) is 0 Å². The fourth-order valence-corrected chi connectivity index (χ4v) is 1.62. The summed E-state index contributed by atoms with van der Waals surface area (Å²) < 4.78 is 11.4. The van der Waals surface area contributed by atoms with E-state index in [2.05, 4.69) is 25.2 Å². The largest absolute Gasteiger partial charge is 0.464 e. The number of nitrogens with one attached hydrogen (secondary N) is 1. The van der Waals surface area contributed by atoms with Gasteiger partial charge in [-0.15, -0.1) is 0 Å². The SMILES string of the molecule is Cc1oc(COC(C)(C)C)cc1CNCC(C)C. The predicted octanol–water partition coefficient (Wildman–Crippen LogP) is 3.65. The second-order valence-corrected chi connectivity index (χ2v) is 6.22. The molecule has 0 bridgehead atoms. The van der Waals surface area contributed by atoms with E-state index in [0.717, 1.165) is 24.6 Å². The standard InChI is InChI=1S/C15H27NO2/c1-11(2)8-16-9-13-7-14(18-12(13)3)10-17-15(4,5)6/h7,11,16H,8-10H2,1-6H3. The molecule has 0 aliphatic carbocycles. The molecule has 18 heavy (non-hydrogen) atoms. The van der Waals surface area contributed by atoms with Crippen LogP contribution in [0.2, 0.25) is 0 Å². The highest BCUT2D eigenvalue weighted by atomic mass is 16.5. The van der Waals surface area contributed by atoms with E-state index in [1.807, 2.05) is 27.7 Å². The average molecular weight is 253 g/mol. The summed E-state index contributed by atoms with van der Waals surface area (Å²) in [5.74, 6) is 2.56. The first-order valence-electron chi connectivity index (χ1n) is 6.71. The molecule has 0 radical (unpaired) electrons. The van der Waals surface area contributed by atoms with Gasteiger partial charge in [0.15, 0.2) is 0 Å². The van der Waals surface area contributed by atoms with E-state index >= 15 is 0 Å². The second kappa shape index (κ2) is 6.39. The highest BCUT2D eigenvalue weighted by Gasteiger charge is 2.13. The van der Waals surface area contributed by atoms with Gasteiger partial charge < -0.3 is 14.5 Å². The Bertz CT molecular complexity index is 361. The summed E-state index contributed by atoms with van der Waals surface area (Å²) in [6.07, 6.45) is 0. The van der Waals surface area contributed by atoms with Crippen LogP contribution in [0.4, 0.5) is 0 Å². The summed E-state index contributed by atoms with van der Waals surface area (Å²) in [5, 5.41) is 3.43. The van der Waals surface area contributed by atoms with Crippen LogP contribution in [0.5, 0.6) is 0 Å². The van der Waals surface area contributed by atoms with Crippen molar-refractivity contribution in [3.8, 4) is 0 Å². The van der Waals surface area contributed by atoms with Gasteiger partial charge in [0.05, 0.1) is 5.60 Å². The smallest absolute Gasteiger partial charge is 0.130 e. The lowest BCUT2D eigenvalue weighted by atomic mass is 10.2. The fraction of sp³-hybridized carbons (Fsp3) is 0.733. The third-order valence-corrected chi connectivity index (χ3v) is 2.59. The molecule has 0 aliphatic heterocycles. The van der Waals surface area contributed by atoms with Gasteiger partial charge in [0.2, 0.25) is 0 Å². The minimum Gasteiger partial charge on any atom is -0.464 e. The van der Waals surface area contributed by atoms with Gasteiger partial charge in [-0.1, -0.05) is 13.8 Å². The molecule has 0 spiro atoms. The van der Waals surface area contributed by atoms with E-state index in [1.165, 1.54) is 5.56 Å². The summed E-state index contributed by atoms with van der Waals surface area (Å²) in [4.78, 5) is 0. The van der Waals surface area contributed by atoms with E-state index in [-0.39, 0.29) is 5.60 Å². The van der Waals surface area contributed by atoms with Crippen molar-refractivity contribution in [2.24, 2.45) is 5.92 Å². The zero-order chi connectivity index (χ0) is 13.8. The number of furan rings is 1. The predicted molar refractivity (Wildman–Crippen MR) is 74.5 cm³/mol. The summed E-state index contributed by atoms with van der Waals surface area (Å²) in [5.41, 5.74) is 1.10. The molecule has 1 aromatic rings. The maximum absolute atomic E-state index is 5.71.